The molecule has 1 aliphatic heterocycles. The van der Waals surface area contributed by atoms with Crippen molar-refractivity contribution >= 4 is 34.6 Å². The summed E-state index contributed by atoms with van der Waals surface area (Å²) >= 11 is 4.10. The Morgan fingerprint density at radius 2 is 1.84 bits per heavy atom. The monoisotopic (exact) mass is 370 g/mol. The number of imidazole rings is 1. The van der Waals surface area contributed by atoms with Crippen molar-refractivity contribution in [2.75, 3.05) is 18.1 Å². The van der Waals surface area contributed by atoms with Gasteiger partial charge in [0.25, 0.3) is 6.01 Å². The minimum atomic E-state index is 0.547. The summed E-state index contributed by atoms with van der Waals surface area (Å²) in [7, 11) is 0. The number of fused-ring (bicyclic) bond motifs is 1. The molecule has 0 amide bonds. The third-order valence-corrected chi connectivity index (χ3v) is 7.38. The summed E-state index contributed by atoms with van der Waals surface area (Å²) in [6.45, 7) is 3.61. The van der Waals surface area contributed by atoms with Crippen molar-refractivity contribution in [2.24, 2.45) is 0 Å². The lowest BCUT2D eigenvalue weighted by molar-refractivity contribution is 0.282. The normalized spacial score (nSPS) is 15.1. The molecule has 1 aliphatic rings. The summed E-state index contributed by atoms with van der Waals surface area (Å²) in [5.41, 5.74) is 4.93. The van der Waals surface area contributed by atoms with Crippen LogP contribution in [0.4, 0.5) is 0 Å². The third-order valence-electron chi connectivity index (χ3n) is 4.31. The molecule has 1 saturated heterocycles. The van der Waals surface area contributed by atoms with Crippen LogP contribution in [0.1, 0.15) is 29.1 Å². The van der Waals surface area contributed by atoms with Crippen LogP contribution in [0.3, 0.4) is 0 Å². The largest absolute Gasteiger partial charge is 0.465 e. The minimum Gasteiger partial charge on any atom is -0.465 e. The molecule has 1 fully saturated rings. The first-order valence-electron chi connectivity index (χ1n) is 8.76. The quantitative estimate of drug-likeness (QED) is 0.584. The maximum Gasteiger partial charge on any atom is 0.297 e. The Balaban J connectivity index is 1.73. The number of hydrogen-bond donors (Lipinski definition) is 0. The second kappa shape index (κ2) is 7.75. The number of benzene rings is 2. The fourth-order valence-electron chi connectivity index (χ4n) is 3.13. The highest BCUT2D eigenvalue weighted by molar-refractivity contribution is 8.19. The van der Waals surface area contributed by atoms with Crippen molar-refractivity contribution in [3.8, 4) is 6.01 Å². The highest BCUT2D eigenvalue weighted by Gasteiger charge is 2.22. The average molecular weight is 371 g/mol. The molecular weight excluding hydrogens is 348 g/mol. The molecule has 0 saturated carbocycles. The standard InChI is InChI=1S/C20H22N2OS2/c1-2-11-23-20-21-17-9-5-6-10-18(17)22(20)14-15-7-3-4-8-16(15)19-24-12-13-25-19/h3-10,19H,2,11-14H2,1H3. The first-order chi connectivity index (χ1) is 12.4. The fourth-order valence-corrected chi connectivity index (χ4v) is 6.11. The summed E-state index contributed by atoms with van der Waals surface area (Å²) in [6, 6.07) is 17.8. The SMILES string of the molecule is CCCOc1nc2ccccc2n1Cc1ccccc1C1SCCS1. The Bertz CT molecular complexity index is 856. The molecule has 5 heteroatoms. The van der Waals surface area contributed by atoms with Crippen molar-refractivity contribution in [1.29, 1.82) is 0 Å². The first-order valence-corrected chi connectivity index (χ1v) is 10.9. The third kappa shape index (κ3) is 3.53. The van der Waals surface area contributed by atoms with Gasteiger partial charge in [-0.2, -0.15) is 4.98 Å². The van der Waals surface area contributed by atoms with Crippen LogP contribution in [0.2, 0.25) is 0 Å². The van der Waals surface area contributed by atoms with Crippen molar-refractivity contribution in [2.45, 2.75) is 24.5 Å². The molecule has 3 nitrogen and oxygen atoms in total. The number of thioether (sulfide) groups is 2. The molecule has 2 aromatic carbocycles. The first kappa shape index (κ1) is 16.9. The van der Waals surface area contributed by atoms with Crippen molar-refractivity contribution in [3.63, 3.8) is 0 Å². The van der Waals surface area contributed by atoms with Crippen LogP contribution in [-0.4, -0.2) is 27.7 Å². The molecule has 0 aliphatic carbocycles. The van der Waals surface area contributed by atoms with Gasteiger partial charge in [0.1, 0.15) is 0 Å². The topological polar surface area (TPSA) is 27.1 Å². The predicted octanol–water partition coefficient (Wildman–Crippen LogP) is 5.35. The molecule has 130 valence electrons. The summed E-state index contributed by atoms with van der Waals surface area (Å²) in [4.78, 5) is 4.70. The summed E-state index contributed by atoms with van der Waals surface area (Å²) < 4.78 is 8.71. The van der Waals surface area contributed by atoms with Gasteiger partial charge in [0.05, 0.1) is 28.8 Å². The zero-order valence-electron chi connectivity index (χ0n) is 14.4. The van der Waals surface area contributed by atoms with Gasteiger partial charge in [-0.3, -0.25) is 4.57 Å². The van der Waals surface area contributed by atoms with Gasteiger partial charge in [0.2, 0.25) is 0 Å². The van der Waals surface area contributed by atoms with Gasteiger partial charge in [-0.1, -0.05) is 43.3 Å². The molecule has 0 N–H and O–H groups in total. The molecule has 1 aromatic heterocycles. The number of rotatable bonds is 6. The molecular formula is C20H22N2OS2. The Hall–Kier alpha value is -1.59. The molecule has 0 bridgehead atoms. The van der Waals surface area contributed by atoms with Gasteiger partial charge >= 0.3 is 0 Å². The summed E-state index contributed by atoms with van der Waals surface area (Å²) in [5.74, 6) is 2.48. The average Bonchev–Trinajstić information content (AvgIpc) is 3.29. The Labute approximate surface area is 157 Å². The molecule has 4 rings (SSSR count). The van der Waals surface area contributed by atoms with Gasteiger partial charge in [0, 0.05) is 11.5 Å². The van der Waals surface area contributed by atoms with E-state index in [1.165, 1.54) is 22.6 Å². The zero-order chi connectivity index (χ0) is 17.1. The summed E-state index contributed by atoms with van der Waals surface area (Å²) in [6.07, 6.45) is 0.981. The second-order valence-corrected chi connectivity index (χ2v) is 8.81. The van der Waals surface area contributed by atoms with E-state index < -0.39 is 0 Å². The highest BCUT2D eigenvalue weighted by Crippen LogP contribution is 2.46. The lowest BCUT2D eigenvalue weighted by Crippen LogP contribution is -2.08. The molecule has 2 heterocycles. The summed E-state index contributed by atoms with van der Waals surface area (Å²) in [5, 5.41) is 0. The minimum absolute atomic E-state index is 0.547. The van der Waals surface area contributed by atoms with E-state index in [2.05, 4.69) is 77.5 Å². The Morgan fingerprint density at radius 3 is 2.68 bits per heavy atom. The van der Waals surface area contributed by atoms with Gasteiger partial charge in [-0.25, -0.2) is 0 Å². The van der Waals surface area contributed by atoms with Gasteiger partial charge in [-0.15, -0.1) is 23.5 Å². The van der Waals surface area contributed by atoms with E-state index in [1.807, 2.05) is 6.07 Å². The van der Waals surface area contributed by atoms with E-state index in [0.717, 1.165) is 30.0 Å². The lowest BCUT2D eigenvalue weighted by atomic mass is 10.1. The van der Waals surface area contributed by atoms with E-state index in [4.69, 9.17) is 9.72 Å². The van der Waals surface area contributed by atoms with Crippen molar-refractivity contribution in [3.05, 3.63) is 59.7 Å². The van der Waals surface area contributed by atoms with Crippen LogP contribution in [0, 0.1) is 0 Å². The number of ether oxygens (including phenoxy) is 1. The molecule has 0 radical (unpaired) electrons. The number of aromatic nitrogens is 2. The van der Waals surface area contributed by atoms with Gasteiger partial charge in [-0.05, 0) is 29.7 Å². The van der Waals surface area contributed by atoms with E-state index in [0.29, 0.717) is 11.2 Å². The smallest absolute Gasteiger partial charge is 0.297 e. The maximum absolute atomic E-state index is 5.95. The predicted molar refractivity (Wildman–Crippen MR) is 109 cm³/mol. The molecule has 0 unspecified atom stereocenters. The zero-order valence-corrected chi connectivity index (χ0v) is 16.0. The van der Waals surface area contributed by atoms with Crippen LogP contribution in [0.15, 0.2) is 48.5 Å². The fraction of sp³-hybridized carbons (Fsp3) is 0.350. The number of hydrogen-bond acceptors (Lipinski definition) is 4. The Kier molecular flexibility index (Phi) is 5.22. The van der Waals surface area contributed by atoms with Crippen LogP contribution >= 0.6 is 23.5 Å². The molecule has 0 spiro atoms. The van der Waals surface area contributed by atoms with E-state index in [9.17, 15) is 0 Å². The molecule has 25 heavy (non-hydrogen) atoms. The lowest BCUT2D eigenvalue weighted by Gasteiger charge is -2.16. The second-order valence-electron chi connectivity index (χ2n) is 6.09. The van der Waals surface area contributed by atoms with Gasteiger partial charge in [0.15, 0.2) is 0 Å². The van der Waals surface area contributed by atoms with Crippen LogP contribution in [-0.2, 0) is 6.54 Å². The maximum atomic E-state index is 5.95. The molecule has 3 aromatic rings. The van der Waals surface area contributed by atoms with Gasteiger partial charge < -0.3 is 4.74 Å². The van der Waals surface area contributed by atoms with Crippen molar-refractivity contribution in [1.82, 2.24) is 9.55 Å². The molecule has 0 atom stereocenters. The van der Waals surface area contributed by atoms with Crippen LogP contribution in [0.5, 0.6) is 6.01 Å². The Morgan fingerprint density at radius 1 is 1.08 bits per heavy atom. The van der Waals surface area contributed by atoms with E-state index in [1.54, 1.807) is 0 Å². The number of para-hydroxylation sites is 2. The highest BCUT2D eigenvalue weighted by atomic mass is 32.2. The van der Waals surface area contributed by atoms with E-state index in [-0.39, 0.29) is 0 Å². The van der Waals surface area contributed by atoms with Crippen molar-refractivity contribution < 1.29 is 4.74 Å². The number of nitrogens with zero attached hydrogens (tertiary/aromatic N) is 2. The van der Waals surface area contributed by atoms with E-state index >= 15 is 0 Å². The van der Waals surface area contributed by atoms with Crippen LogP contribution < -0.4 is 4.74 Å². The van der Waals surface area contributed by atoms with Crippen LogP contribution in [0.25, 0.3) is 11.0 Å².